The van der Waals surface area contributed by atoms with Gasteiger partial charge in [0.05, 0.1) is 32.0 Å². The minimum atomic E-state index is -0.339. The van der Waals surface area contributed by atoms with Crippen LogP contribution in [0.15, 0.2) is 36.0 Å². The summed E-state index contributed by atoms with van der Waals surface area (Å²) in [7, 11) is 0. The van der Waals surface area contributed by atoms with Gasteiger partial charge in [0.25, 0.3) is 0 Å². The van der Waals surface area contributed by atoms with Gasteiger partial charge in [0, 0.05) is 40.6 Å². The van der Waals surface area contributed by atoms with Gasteiger partial charge in [-0.05, 0) is 140 Å². The summed E-state index contributed by atoms with van der Waals surface area (Å²) in [5.41, 5.74) is 23.6. The van der Waals surface area contributed by atoms with E-state index in [1.165, 1.54) is 134 Å². The molecule has 0 bridgehead atoms. The molecule has 1 heterocycles. The standard InChI is InChI=1S/C57H104N4O3/c1-7-8-9-10-11-12-13-14-15-16-17-18-19-20-21-22-23-27-41-62-46-51(45-61-39-25-24-26-40-61)64-43-42-63-50-33-34-53(5)49(44-50)31-32-52-56(53,59)36-35-54(6)55(58,37-38-57(52,54)60)48(4)30-28-29-47(2)3/h11-12,14-15,31,47-48,50-52H,7-10,13,16-30,32-46,58-60H2,1-6H3. The molecule has 64 heavy (non-hydrogen) atoms. The zero-order valence-corrected chi connectivity index (χ0v) is 42.9. The highest BCUT2D eigenvalue weighted by molar-refractivity contribution is 5.37. The summed E-state index contributed by atoms with van der Waals surface area (Å²) in [6.07, 6.45) is 46.1. The molecule has 4 fully saturated rings. The molecule has 0 amide bonds. The van der Waals surface area contributed by atoms with Gasteiger partial charge in [0.2, 0.25) is 0 Å². The molecular weight excluding hydrogens is 789 g/mol. The molecule has 7 heteroatoms. The lowest BCUT2D eigenvalue weighted by Gasteiger charge is -2.68. The molecule has 5 aliphatic rings. The molecule has 0 aromatic heterocycles. The first-order valence-corrected chi connectivity index (χ1v) is 27.7. The third kappa shape index (κ3) is 13.8. The monoisotopic (exact) mass is 893 g/mol. The fraction of sp³-hybridized carbons (Fsp3) is 0.895. The van der Waals surface area contributed by atoms with Gasteiger partial charge < -0.3 is 36.3 Å². The predicted molar refractivity (Wildman–Crippen MR) is 273 cm³/mol. The van der Waals surface area contributed by atoms with Gasteiger partial charge in [-0.3, -0.25) is 0 Å². The van der Waals surface area contributed by atoms with Crippen LogP contribution in [0.5, 0.6) is 0 Å². The van der Waals surface area contributed by atoms with Gasteiger partial charge in [0.15, 0.2) is 0 Å². The third-order valence-corrected chi connectivity index (χ3v) is 18.3. The number of unbranched alkanes of at least 4 members (excludes halogenated alkanes) is 11. The maximum absolute atomic E-state index is 7.80. The van der Waals surface area contributed by atoms with Crippen molar-refractivity contribution in [3.63, 3.8) is 0 Å². The van der Waals surface area contributed by atoms with Crippen LogP contribution in [-0.2, 0) is 14.2 Å². The van der Waals surface area contributed by atoms with Crippen molar-refractivity contribution in [3.8, 4) is 0 Å². The summed E-state index contributed by atoms with van der Waals surface area (Å²) in [4.78, 5) is 2.59. The Kier molecular flexibility index (Phi) is 22.4. The first-order valence-electron chi connectivity index (χ1n) is 27.7. The van der Waals surface area contributed by atoms with Crippen LogP contribution in [0.4, 0.5) is 0 Å². The maximum atomic E-state index is 7.80. The second-order valence-electron chi connectivity index (χ2n) is 23.0. The van der Waals surface area contributed by atoms with Gasteiger partial charge in [-0.25, -0.2) is 0 Å². The van der Waals surface area contributed by atoms with E-state index in [0.29, 0.717) is 25.7 Å². The second-order valence-corrected chi connectivity index (χ2v) is 23.0. The zero-order valence-electron chi connectivity index (χ0n) is 42.9. The second kappa shape index (κ2) is 26.6. The number of hydrogen-bond donors (Lipinski definition) is 3. The van der Waals surface area contributed by atoms with Crippen LogP contribution in [0.1, 0.15) is 221 Å². The number of rotatable bonds is 31. The van der Waals surface area contributed by atoms with Crippen LogP contribution in [0.3, 0.4) is 0 Å². The van der Waals surface area contributed by atoms with E-state index in [1.807, 2.05) is 0 Å². The Morgan fingerprint density at radius 1 is 0.719 bits per heavy atom. The van der Waals surface area contributed by atoms with Crippen molar-refractivity contribution in [1.29, 1.82) is 0 Å². The Balaban J connectivity index is 0.986. The lowest BCUT2D eigenvalue weighted by Crippen LogP contribution is -2.78. The zero-order chi connectivity index (χ0) is 45.9. The van der Waals surface area contributed by atoms with Gasteiger partial charge in [-0.1, -0.05) is 148 Å². The largest absolute Gasteiger partial charge is 0.379 e. The van der Waals surface area contributed by atoms with Crippen molar-refractivity contribution in [2.45, 2.75) is 250 Å². The summed E-state index contributed by atoms with van der Waals surface area (Å²) >= 11 is 0. The van der Waals surface area contributed by atoms with Crippen LogP contribution in [0.25, 0.3) is 0 Å². The summed E-state index contributed by atoms with van der Waals surface area (Å²) in [6, 6.07) is 0. The molecule has 5 rings (SSSR count). The molecular formula is C57H104N4O3. The number of allylic oxidation sites excluding steroid dienone is 5. The minimum absolute atomic E-state index is 0.0536. The maximum Gasteiger partial charge on any atom is 0.0936 e. The third-order valence-electron chi connectivity index (χ3n) is 18.3. The van der Waals surface area contributed by atoms with E-state index in [0.717, 1.165) is 83.3 Å². The normalized spacial score (nSPS) is 33.1. The molecule has 370 valence electrons. The van der Waals surface area contributed by atoms with E-state index in [-0.39, 0.29) is 45.6 Å². The summed E-state index contributed by atoms with van der Waals surface area (Å²) < 4.78 is 19.5. The first-order chi connectivity index (χ1) is 30.8. The van der Waals surface area contributed by atoms with E-state index in [2.05, 4.69) is 76.8 Å². The van der Waals surface area contributed by atoms with E-state index in [9.17, 15) is 0 Å². The lowest BCUT2D eigenvalue weighted by atomic mass is 9.40. The van der Waals surface area contributed by atoms with E-state index >= 15 is 0 Å². The molecule has 0 spiro atoms. The highest BCUT2D eigenvalue weighted by atomic mass is 16.6. The molecule has 0 aromatic carbocycles. The minimum Gasteiger partial charge on any atom is -0.379 e. The number of fused-ring (bicyclic) bond motifs is 5. The molecule has 4 aliphatic carbocycles. The highest BCUT2D eigenvalue weighted by Gasteiger charge is 2.73. The molecule has 9 atom stereocenters. The molecule has 0 aromatic rings. The number of likely N-dealkylation sites (tertiary alicyclic amines) is 1. The molecule has 7 nitrogen and oxygen atoms in total. The quantitative estimate of drug-likeness (QED) is 0.0470. The predicted octanol–water partition coefficient (Wildman–Crippen LogP) is 13.1. The van der Waals surface area contributed by atoms with Gasteiger partial charge >= 0.3 is 0 Å². The van der Waals surface area contributed by atoms with Crippen LogP contribution < -0.4 is 17.2 Å². The van der Waals surface area contributed by atoms with Crippen LogP contribution in [0, 0.1) is 28.6 Å². The Bertz CT molecular complexity index is 1410. The molecule has 1 aliphatic heterocycles. The molecule has 9 unspecified atom stereocenters. The van der Waals surface area contributed by atoms with Crippen molar-refractivity contribution in [2.24, 2.45) is 45.8 Å². The van der Waals surface area contributed by atoms with Crippen LogP contribution >= 0.6 is 0 Å². The number of ether oxygens (including phenoxy) is 3. The average Bonchev–Trinajstić information content (AvgIpc) is 3.50. The topological polar surface area (TPSA) is 109 Å². The Morgan fingerprint density at radius 2 is 1.39 bits per heavy atom. The summed E-state index contributed by atoms with van der Waals surface area (Å²) in [5.74, 6) is 1.45. The molecule has 6 N–H and O–H groups in total. The Hall–Kier alpha value is -1.06. The van der Waals surface area contributed by atoms with Gasteiger partial charge in [-0.2, -0.15) is 0 Å². The Labute approximate surface area is 395 Å². The van der Waals surface area contributed by atoms with Crippen molar-refractivity contribution in [3.05, 3.63) is 36.0 Å². The highest BCUT2D eigenvalue weighted by Crippen LogP contribution is 2.69. The summed E-state index contributed by atoms with van der Waals surface area (Å²) in [5, 5.41) is 0. The number of piperidine rings is 1. The van der Waals surface area contributed by atoms with Crippen molar-refractivity contribution in [2.75, 3.05) is 46.1 Å². The SMILES string of the molecule is CCCCCC=CCC=CCCCCCCCCCCOCC(CN1CCCCC1)OCCOC1CCC2(C)C(=CCC3C2(N)CCC2(C)C(N)(C(C)CCCC(C)C)CCC32N)C1. The van der Waals surface area contributed by atoms with Crippen molar-refractivity contribution in [1.82, 2.24) is 4.90 Å². The first kappa shape index (κ1) is 53.9. The molecule has 0 radical (unpaired) electrons. The van der Waals surface area contributed by atoms with Gasteiger partial charge in [0.1, 0.15) is 0 Å². The Morgan fingerprint density at radius 3 is 2.09 bits per heavy atom. The smallest absolute Gasteiger partial charge is 0.0936 e. The fourth-order valence-corrected chi connectivity index (χ4v) is 13.7. The lowest BCUT2D eigenvalue weighted by molar-refractivity contribution is -0.103. The van der Waals surface area contributed by atoms with Gasteiger partial charge in [-0.15, -0.1) is 0 Å². The average molecular weight is 893 g/mol. The van der Waals surface area contributed by atoms with E-state index in [1.54, 1.807) is 0 Å². The number of nitrogens with zero attached hydrogens (tertiary/aromatic N) is 1. The number of hydrogen-bond acceptors (Lipinski definition) is 7. The number of nitrogens with two attached hydrogens (primary N) is 3. The van der Waals surface area contributed by atoms with E-state index < -0.39 is 0 Å². The van der Waals surface area contributed by atoms with E-state index in [4.69, 9.17) is 31.4 Å². The van der Waals surface area contributed by atoms with Crippen molar-refractivity contribution >= 4 is 0 Å². The van der Waals surface area contributed by atoms with Crippen LogP contribution in [-0.4, -0.2) is 79.8 Å². The fourth-order valence-electron chi connectivity index (χ4n) is 13.7. The summed E-state index contributed by atoms with van der Waals surface area (Å²) in [6.45, 7) is 20.4. The molecule has 3 saturated carbocycles. The molecule has 1 saturated heterocycles. The van der Waals surface area contributed by atoms with Crippen molar-refractivity contribution < 1.29 is 14.2 Å². The van der Waals surface area contributed by atoms with Crippen LogP contribution in [0.2, 0.25) is 0 Å².